The lowest BCUT2D eigenvalue weighted by Gasteiger charge is -2.26. The first kappa shape index (κ1) is 13.0. The molecule has 1 aliphatic rings. The van der Waals surface area contributed by atoms with E-state index in [1.165, 1.54) is 18.0 Å². The third-order valence-corrected chi connectivity index (χ3v) is 3.26. The molecule has 4 nitrogen and oxygen atoms in total. The van der Waals surface area contributed by atoms with Crippen molar-refractivity contribution in [2.24, 2.45) is 0 Å². The molecule has 0 spiro atoms. The summed E-state index contributed by atoms with van der Waals surface area (Å²) in [6.45, 7) is 2.57. The van der Waals surface area contributed by atoms with Gasteiger partial charge in [0.25, 0.3) is 5.91 Å². The summed E-state index contributed by atoms with van der Waals surface area (Å²) < 4.78 is 13.8. The van der Waals surface area contributed by atoms with Gasteiger partial charge in [-0.2, -0.15) is 0 Å². The van der Waals surface area contributed by atoms with Crippen LogP contribution in [0.15, 0.2) is 18.2 Å². The van der Waals surface area contributed by atoms with Crippen LogP contribution in [-0.4, -0.2) is 29.1 Å². The largest absolute Gasteiger partial charge is 0.299 e. The van der Waals surface area contributed by atoms with Crippen molar-refractivity contribution in [3.63, 3.8) is 0 Å². The Kier molecular flexibility index (Phi) is 4.28. The Bertz CT molecular complexity index is 431. The van der Waals surface area contributed by atoms with Gasteiger partial charge in [-0.1, -0.05) is 12.5 Å². The van der Waals surface area contributed by atoms with Crippen molar-refractivity contribution in [1.82, 2.24) is 10.4 Å². The molecule has 2 N–H and O–H groups in total. The Balaban J connectivity index is 2.07. The van der Waals surface area contributed by atoms with E-state index in [0.29, 0.717) is 12.1 Å². The summed E-state index contributed by atoms with van der Waals surface area (Å²) >= 11 is 0. The Hall–Kier alpha value is -1.46. The van der Waals surface area contributed by atoms with Gasteiger partial charge in [-0.15, -0.1) is 0 Å². The predicted octanol–water partition coefficient (Wildman–Crippen LogP) is 1.93. The van der Waals surface area contributed by atoms with Gasteiger partial charge in [-0.05, 0) is 38.1 Å². The van der Waals surface area contributed by atoms with E-state index in [-0.39, 0.29) is 5.56 Å². The zero-order chi connectivity index (χ0) is 13.0. The number of carbonyl (C=O) groups excluding carboxylic acids is 1. The second-order valence-corrected chi connectivity index (χ2v) is 4.58. The fourth-order valence-corrected chi connectivity index (χ4v) is 2.24. The minimum atomic E-state index is -0.696. The Morgan fingerprint density at radius 3 is 2.67 bits per heavy atom. The summed E-state index contributed by atoms with van der Waals surface area (Å²) in [6.07, 6.45) is 3.56. The molecule has 1 aliphatic heterocycles. The molecule has 1 fully saturated rings. The molecular weight excluding hydrogens is 235 g/mol. The van der Waals surface area contributed by atoms with Gasteiger partial charge in [0, 0.05) is 17.7 Å². The quantitative estimate of drug-likeness (QED) is 0.638. The van der Waals surface area contributed by atoms with Crippen LogP contribution in [0.5, 0.6) is 0 Å². The Morgan fingerprint density at radius 1 is 1.33 bits per heavy atom. The molecule has 2 rings (SSSR count). The lowest BCUT2D eigenvalue weighted by Crippen LogP contribution is -2.29. The molecule has 1 heterocycles. The summed E-state index contributed by atoms with van der Waals surface area (Å²) in [5, 5.41) is 8.48. The molecule has 18 heavy (non-hydrogen) atoms. The zero-order valence-corrected chi connectivity index (χ0v) is 10.2. The molecular formula is C13H17FN2O2. The first-order chi connectivity index (χ1) is 8.70. The first-order valence-corrected chi connectivity index (χ1v) is 6.16. The fourth-order valence-electron chi connectivity index (χ4n) is 2.24. The summed E-state index contributed by atoms with van der Waals surface area (Å²) in [7, 11) is 0. The zero-order valence-electron chi connectivity index (χ0n) is 10.2. The number of halogens is 1. The summed E-state index contributed by atoms with van der Waals surface area (Å²) in [4.78, 5) is 13.3. The highest BCUT2D eigenvalue weighted by Gasteiger charge is 2.14. The van der Waals surface area contributed by atoms with Crippen molar-refractivity contribution in [2.75, 3.05) is 13.1 Å². The molecule has 0 aromatic heterocycles. The average Bonchev–Trinajstić information content (AvgIpc) is 2.41. The monoisotopic (exact) mass is 252 g/mol. The van der Waals surface area contributed by atoms with E-state index in [4.69, 9.17) is 5.21 Å². The van der Waals surface area contributed by atoms with E-state index in [9.17, 15) is 9.18 Å². The molecule has 1 aromatic rings. The van der Waals surface area contributed by atoms with Crippen molar-refractivity contribution in [3.8, 4) is 0 Å². The number of hydrogen-bond acceptors (Lipinski definition) is 3. The van der Waals surface area contributed by atoms with Crippen molar-refractivity contribution >= 4 is 5.91 Å². The molecule has 1 aromatic carbocycles. The maximum absolute atomic E-state index is 13.8. The van der Waals surface area contributed by atoms with E-state index >= 15 is 0 Å². The molecule has 0 aliphatic carbocycles. The highest BCUT2D eigenvalue weighted by atomic mass is 19.1. The van der Waals surface area contributed by atoms with Crippen LogP contribution >= 0.6 is 0 Å². The van der Waals surface area contributed by atoms with Crippen LogP contribution in [0.2, 0.25) is 0 Å². The third kappa shape index (κ3) is 3.05. The van der Waals surface area contributed by atoms with E-state index < -0.39 is 11.7 Å². The van der Waals surface area contributed by atoms with Gasteiger partial charge in [0.1, 0.15) is 5.82 Å². The molecule has 1 saturated heterocycles. The number of likely N-dealkylation sites (tertiary alicyclic amines) is 1. The number of nitrogens with one attached hydrogen (secondary N) is 1. The van der Waals surface area contributed by atoms with Gasteiger partial charge in [0.2, 0.25) is 0 Å². The van der Waals surface area contributed by atoms with Gasteiger partial charge in [0.15, 0.2) is 0 Å². The normalized spacial score (nSPS) is 16.6. The number of nitrogens with zero attached hydrogens (tertiary/aromatic N) is 1. The number of amides is 1. The van der Waals surface area contributed by atoms with Crippen molar-refractivity contribution < 1.29 is 14.4 Å². The summed E-state index contributed by atoms with van der Waals surface area (Å²) in [5.74, 6) is -1.10. The molecule has 0 saturated carbocycles. The second-order valence-electron chi connectivity index (χ2n) is 4.58. The van der Waals surface area contributed by atoms with Gasteiger partial charge in [0.05, 0.1) is 0 Å². The SMILES string of the molecule is O=C(NO)c1ccc(CN2CCCCC2)c(F)c1. The highest BCUT2D eigenvalue weighted by molar-refractivity contribution is 5.93. The van der Waals surface area contributed by atoms with Crippen LogP contribution in [0.4, 0.5) is 4.39 Å². The van der Waals surface area contributed by atoms with Gasteiger partial charge < -0.3 is 0 Å². The van der Waals surface area contributed by atoms with Crippen molar-refractivity contribution in [3.05, 3.63) is 35.1 Å². The second kappa shape index (κ2) is 5.93. The lowest BCUT2D eigenvalue weighted by molar-refractivity contribution is 0.0706. The van der Waals surface area contributed by atoms with Crippen LogP contribution in [0.1, 0.15) is 35.2 Å². The van der Waals surface area contributed by atoms with E-state index in [0.717, 1.165) is 32.0 Å². The number of hydroxylamine groups is 1. The minimum Gasteiger partial charge on any atom is -0.299 e. The third-order valence-electron chi connectivity index (χ3n) is 3.26. The fraction of sp³-hybridized carbons (Fsp3) is 0.462. The predicted molar refractivity (Wildman–Crippen MR) is 64.8 cm³/mol. The van der Waals surface area contributed by atoms with Gasteiger partial charge >= 0.3 is 0 Å². The number of rotatable bonds is 3. The van der Waals surface area contributed by atoms with E-state index in [1.807, 2.05) is 0 Å². The Labute approximate surface area is 105 Å². The van der Waals surface area contributed by atoms with Crippen LogP contribution in [-0.2, 0) is 6.54 Å². The Morgan fingerprint density at radius 2 is 2.06 bits per heavy atom. The molecule has 0 atom stereocenters. The number of hydrogen-bond donors (Lipinski definition) is 2. The summed E-state index contributed by atoms with van der Waals surface area (Å²) in [5.41, 5.74) is 2.21. The minimum absolute atomic E-state index is 0.123. The molecule has 0 bridgehead atoms. The molecule has 0 unspecified atom stereocenters. The highest BCUT2D eigenvalue weighted by Crippen LogP contribution is 2.16. The molecule has 0 radical (unpaired) electrons. The van der Waals surface area contributed by atoms with Crippen LogP contribution in [0.3, 0.4) is 0 Å². The smallest absolute Gasteiger partial charge is 0.274 e. The van der Waals surface area contributed by atoms with Crippen LogP contribution < -0.4 is 5.48 Å². The van der Waals surface area contributed by atoms with Crippen LogP contribution in [0.25, 0.3) is 0 Å². The van der Waals surface area contributed by atoms with Gasteiger partial charge in [-0.25, -0.2) is 9.87 Å². The van der Waals surface area contributed by atoms with Gasteiger partial charge in [-0.3, -0.25) is 14.9 Å². The number of benzene rings is 1. The standard InChI is InChI=1S/C13H17FN2O2/c14-12-8-10(13(17)15-18)4-5-11(12)9-16-6-2-1-3-7-16/h4-5,8,18H,1-3,6-7,9H2,(H,15,17). The number of piperidine rings is 1. The van der Waals surface area contributed by atoms with Crippen molar-refractivity contribution in [2.45, 2.75) is 25.8 Å². The molecule has 5 heteroatoms. The topological polar surface area (TPSA) is 52.6 Å². The van der Waals surface area contributed by atoms with Crippen LogP contribution in [0, 0.1) is 5.82 Å². The van der Waals surface area contributed by atoms with E-state index in [1.54, 1.807) is 6.07 Å². The maximum Gasteiger partial charge on any atom is 0.274 e. The number of carbonyl (C=O) groups is 1. The summed E-state index contributed by atoms with van der Waals surface area (Å²) in [6, 6.07) is 4.28. The first-order valence-electron chi connectivity index (χ1n) is 6.16. The van der Waals surface area contributed by atoms with Crippen molar-refractivity contribution in [1.29, 1.82) is 0 Å². The average molecular weight is 252 g/mol. The maximum atomic E-state index is 13.8. The lowest BCUT2D eigenvalue weighted by atomic mass is 10.1. The molecule has 98 valence electrons. The van der Waals surface area contributed by atoms with E-state index in [2.05, 4.69) is 4.90 Å². The molecule has 1 amide bonds.